The van der Waals surface area contributed by atoms with Gasteiger partial charge in [0.1, 0.15) is 23.9 Å². The molecule has 0 aliphatic carbocycles. The van der Waals surface area contributed by atoms with Crippen molar-refractivity contribution in [3.63, 3.8) is 0 Å². The van der Waals surface area contributed by atoms with Crippen molar-refractivity contribution in [1.29, 1.82) is 0 Å². The van der Waals surface area contributed by atoms with Crippen molar-refractivity contribution in [2.24, 2.45) is 0 Å². The Morgan fingerprint density at radius 3 is 2.55 bits per heavy atom. The number of anilines is 1. The average Bonchev–Trinajstić information content (AvgIpc) is 2.76. The highest BCUT2D eigenvalue weighted by Gasteiger charge is 2.07. The molecule has 6 heteroatoms. The number of rotatable bonds is 9. The van der Waals surface area contributed by atoms with E-state index in [1.165, 1.54) is 11.1 Å². The Morgan fingerprint density at radius 1 is 1.03 bits per heavy atom. The summed E-state index contributed by atoms with van der Waals surface area (Å²) in [4.78, 5) is 16.7. The molecule has 3 rings (SSSR count). The van der Waals surface area contributed by atoms with E-state index in [0.29, 0.717) is 31.1 Å². The highest BCUT2D eigenvalue weighted by atomic mass is 16.5. The van der Waals surface area contributed by atoms with Gasteiger partial charge in [-0.3, -0.25) is 4.79 Å². The van der Waals surface area contributed by atoms with Gasteiger partial charge in [0.25, 0.3) is 5.91 Å². The fraction of sp³-hybridized carbons (Fsp3) is 0.217. The largest absolute Gasteiger partial charge is 0.497 e. The maximum atomic E-state index is 12.4. The van der Waals surface area contributed by atoms with Crippen LogP contribution >= 0.6 is 0 Å². The van der Waals surface area contributed by atoms with Gasteiger partial charge in [-0.15, -0.1) is 0 Å². The van der Waals surface area contributed by atoms with Gasteiger partial charge in [-0.05, 0) is 54.4 Å². The molecule has 1 heterocycles. The lowest BCUT2D eigenvalue weighted by Crippen LogP contribution is -2.28. The van der Waals surface area contributed by atoms with Crippen LogP contribution in [-0.4, -0.2) is 31.2 Å². The average molecular weight is 391 g/mol. The predicted octanol–water partition coefficient (Wildman–Crippen LogP) is 3.82. The topological polar surface area (TPSA) is 72.5 Å². The van der Waals surface area contributed by atoms with E-state index in [-0.39, 0.29) is 5.91 Å². The van der Waals surface area contributed by atoms with Crippen LogP contribution in [0.1, 0.15) is 21.5 Å². The van der Waals surface area contributed by atoms with Gasteiger partial charge in [0.15, 0.2) is 0 Å². The number of hydrogen-bond donors (Lipinski definition) is 2. The summed E-state index contributed by atoms with van der Waals surface area (Å²) in [6.45, 7) is 3.50. The Balaban J connectivity index is 1.46. The molecule has 1 aromatic heterocycles. The highest BCUT2D eigenvalue weighted by molar-refractivity contribution is 5.94. The van der Waals surface area contributed by atoms with Crippen LogP contribution in [0.3, 0.4) is 0 Å². The quantitative estimate of drug-likeness (QED) is 0.543. The number of methoxy groups -OCH3 is 1. The molecule has 6 nitrogen and oxygen atoms in total. The van der Waals surface area contributed by atoms with Crippen LogP contribution in [0.2, 0.25) is 0 Å². The number of nitrogens with zero attached hydrogens (tertiary/aromatic N) is 1. The summed E-state index contributed by atoms with van der Waals surface area (Å²) in [6.07, 6.45) is 1.63. The second kappa shape index (κ2) is 10.1. The highest BCUT2D eigenvalue weighted by Crippen LogP contribution is 2.16. The molecule has 0 atom stereocenters. The van der Waals surface area contributed by atoms with Crippen LogP contribution in [-0.2, 0) is 6.54 Å². The molecule has 1 amide bonds. The molecule has 0 aliphatic heterocycles. The van der Waals surface area contributed by atoms with Crippen molar-refractivity contribution in [2.75, 3.05) is 25.6 Å². The molecule has 0 bridgehead atoms. The van der Waals surface area contributed by atoms with Crippen LogP contribution < -0.4 is 20.1 Å². The molecule has 0 saturated heterocycles. The van der Waals surface area contributed by atoms with Crippen LogP contribution in [0.15, 0.2) is 66.9 Å². The number of ether oxygens (including phenoxy) is 2. The molecule has 2 aromatic carbocycles. The van der Waals surface area contributed by atoms with Crippen LogP contribution in [0, 0.1) is 6.92 Å². The van der Waals surface area contributed by atoms with Crippen molar-refractivity contribution >= 4 is 11.7 Å². The Labute approximate surface area is 170 Å². The Morgan fingerprint density at radius 2 is 1.79 bits per heavy atom. The maximum absolute atomic E-state index is 12.4. The number of hydrogen-bond acceptors (Lipinski definition) is 5. The van der Waals surface area contributed by atoms with Crippen LogP contribution in [0.5, 0.6) is 11.5 Å². The summed E-state index contributed by atoms with van der Waals surface area (Å²) in [7, 11) is 1.62. The molecule has 0 aliphatic rings. The van der Waals surface area contributed by atoms with Crippen molar-refractivity contribution < 1.29 is 14.3 Å². The van der Waals surface area contributed by atoms with E-state index in [1.807, 2.05) is 36.4 Å². The number of pyridine rings is 1. The van der Waals surface area contributed by atoms with Crippen LogP contribution in [0.4, 0.5) is 5.82 Å². The van der Waals surface area contributed by atoms with E-state index in [4.69, 9.17) is 9.47 Å². The van der Waals surface area contributed by atoms with Gasteiger partial charge >= 0.3 is 0 Å². The number of amides is 1. The Hall–Kier alpha value is -3.54. The minimum Gasteiger partial charge on any atom is -0.497 e. The zero-order valence-corrected chi connectivity index (χ0v) is 16.6. The van der Waals surface area contributed by atoms with E-state index in [2.05, 4.69) is 34.7 Å². The summed E-state index contributed by atoms with van der Waals surface area (Å²) in [6, 6.07) is 18.9. The molecular formula is C23H25N3O3. The summed E-state index contributed by atoms with van der Waals surface area (Å²) >= 11 is 0. The zero-order chi connectivity index (χ0) is 20.5. The minimum atomic E-state index is -0.162. The van der Waals surface area contributed by atoms with Gasteiger partial charge in [0.05, 0.1) is 13.7 Å². The lowest BCUT2D eigenvalue weighted by molar-refractivity contribution is 0.0947. The van der Waals surface area contributed by atoms with Crippen molar-refractivity contribution in [1.82, 2.24) is 10.3 Å². The van der Waals surface area contributed by atoms with Crippen molar-refractivity contribution in [2.45, 2.75) is 13.5 Å². The van der Waals surface area contributed by atoms with E-state index >= 15 is 0 Å². The van der Waals surface area contributed by atoms with E-state index < -0.39 is 0 Å². The van der Waals surface area contributed by atoms with Gasteiger partial charge in [-0.1, -0.05) is 24.3 Å². The second-order valence-electron chi connectivity index (χ2n) is 6.49. The predicted molar refractivity (Wildman–Crippen MR) is 114 cm³/mol. The Kier molecular flexibility index (Phi) is 7.05. The molecule has 0 spiro atoms. The van der Waals surface area contributed by atoms with E-state index in [1.54, 1.807) is 25.4 Å². The first-order valence-corrected chi connectivity index (χ1v) is 9.45. The van der Waals surface area contributed by atoms with E-state index in [0.717, 1.165) is 11.5 Å². The summed E-state index contributed by atoms with van der Waals surface area (Å²) < 4.78 is 10.7. The number of aromatic nitrogens is 1. The summed E-state index contributed by atoms with van der Waals surface area (Å²) in [5.41, 5.74) is 2.96. The van der Waals surface area contributed by atoms with Gasteiger partial charge in [-0.25, -0.2) is 4.98 Å². The SMILES string of the molecule is COc1ccc(OCCNC(=O)c2ccnc(NCc3ccccc3C)c2)cc1. The first-order chi connectivity index (χ1) is 14.2. The molecule has 0 fully saturated rings. The lowest BCUT2D eigenvalue weighted by atomic mass is 10.1. The smallest absolute Gasteiger partial charge is 0.251 e. The van der Waals surface area contributed by atoms with Crippen molar-refractivity contribution in [3.05, 3.63) is 83.6 Å². The summed E-state index contributed by atoms with van der Waals surface area (Å²) in [5.74, 6) is 2.00. The molecule has 150 valence electrons. The fourth-order valence-corrected chi connectivity index (χ4v) is 2.77. The normalized spacial score (nSPS) is 10.3. The molecule has 0 radical (unpaired) electrons. The first-order valence-electron chi connectivity index (χ1n) is 9.45. The van der Waals surface area contributed by atoms with Gasteiger partial charge < -0.3 is 20.1 Å². The zero-order valence-electron chi connectivity index (χ0n) is 16.6. The standard InChI is InChI=1S/C23H25N3O3/c1-17-5-3-4-6-19(17)16-26-22-15-18(11-12-24-22)23(27)25-13-14-29-21-9-7-20(28-2)8-10-21/h3-12,15H,13-14,16H2,1-2H3,(H,24,26)(H,25,27). The number of carbonyl (C=O) groups is 1. The number of aryl methyl sites for hydroxylation is 1. The molecular weight excluding hydrogens is 366 g/mol. The third-order valence-corrected chi connectivity index (χ3v) is 4.46. The molecule has 3 aromatic rings. The van der Waals surface area contributed by atoms with E-state index in [9.17, 15) is 4.79 Å². The minimum absolute atomic E-state index is 0.162. The maximum Gasteiger partial charge on any atom is 0.251 e. The molecule has 2 N–H and O–H groups in total. The third kappa shape index (κ3) is 5.97. The first kappa shape index (κ1) is 20.2. The summed E-state index contributed by atoms with van der Waals surface area (Å²) in [5, 5.41) is 6.13. The van der Waals surface area contributed by atoms with Gasteiger partial charge in [0.2, 0.25) is 0 Å². The van der Waals surface area contributed by atoms with Crippen molar-refractivity contribution in [3.8, 4) is 11.5 Å². The molecule has 0 saturated carbocycles. The molecule has 29 heavy (non-hydrogen) atoms. The van der Waals surface area contributed by atoms with Gasteiger partial charge in [0, 0.05) is 18.3 Å². The second-order valence-corrected chi connectivity index (χ2v) is 6.49. The monoisotopic (exact) mass is 391 g/mol. The lowest BCUT2D eigenvalue weighted by Gasteiger charge is -2.10. The molecule has 0 unspecified atom stereocenters. The Bertz CT molecular complexity index is 942. The van der Waals surface area contributed by atoms with Gasteiger partial charge in [-0.2, -0.15) is 0 Å². The fourth-order valence-electron chi connectivity index (χ4n) is 2.77. The van der Waals surface area contributed by atoms with Crippen LogP contribution in [0.25, 0.3) is 0 Å². The third-order valence-electron chi connectivity index (χ3n) is 4.46. The number of benzene rings is 2. The number of carbonyl (C=O) groups excluding carboxylic acids is 1. The number of nitrogens with one attached hydrogen (secondary N) is 2.